The zero-order valence-electron chi connectivity index (χ0n) is 16.0. The highest BCUT2D eigenvalue weighted by Crippen LogP contribution is 2.37. The molecule has 0 amide bonds. The van der Waals surface area contributed by atoms with E-state index in [1.54, 1.807) is 25.3 Å². The first-order chi connectivity index (χ1) is 13.0. The predicted molar refractivity (Wildman–Crippen MR) is 97.0 cm³/mol. The zero-order chi connectivity index (χ0) is 21.7. The molecule has 0 radical (unpaired) electrons. The molecule has 10 heteroatoms. The molecule has 0 saturated carbocycles. The third kappa shape index (κ3) is 10.6. The zero-order valence-corrected chi connectivity index (χ0v) is 16.0. The standard InChI is InChI=1S/C16H25NO4.C2HF3O2/c1-5-9-20-16-14(19-4)7-6-8-15(16)21-11-13(18)10-17-12(2)3;3-2(4,5)1(6)7/h5-8,12-13,17-18H,1,9-11H2,2-4H3;(H,6,7). The molecule has 1 aromatic rings. The first-order valence-corrected chi connectivity index (χ1v) is 8.27. The number of nitrogens with one attached hydrogen (secondary N) is 1. The van der Waals surface area contributed by atoms with Crippen LogP contribution in [0.2, 0.25) is 0 Å². The van der Waals surface area contributed by atoms with Gasteiger partial charge in [-0.3, -0.25) is 0 Å². The van der Waals surface area contributed by atoms with Crippen LogP contribution in [-0.2, 0) is 4.79 Å². The normalized spacial score (nSPS) is 11.9. The van der Waals surface area contributed by atoms with Gasteiger partial charge in [-0.1, -0.05) is 32.6 Å². The third-order valence-corrected chi connectivity index (χ3v) is 2.94. The second-order valence-electron chi connectivity index (χ2n) is 5.72. The second kappa shape index (κ2) is 12.8. The van der Waals surface area contributed by atoms with Crippen LogP contribution in [0.3, 0.4) is 0 Å². The Morgan fingerprint density at radius 3 is 2.32 bits per heavy atom. The summed E-state index contributed by atoms with van der Waals surface area (Å²) in [4.78, 5) is 8.90. The van der Waals surface area contributed by atoms with Gasteiger partial charge in [0, 0.05) is 12.6 Å². The van der Waals surface area contributed by atoms with E-state index in [9.17, 15) is 18.3 Å². The highest BCUT2D eigenvalue weighted by molar-refractivity contribution is 5.73. The maximum absolute atomic E-state index is 10.6. The summed E-state index contributed by atoms with van der Waals surface area (Å²) < 4.78 is 48.2. The number of halogens is 3. The van der Waals surface area contributed by atoms with Crippen LogP contribution in [0.15, 0.2) is 30.9 Å². The van der Waals surface area contributed by atoms with Gasteiger partial charge in [0.15, 0.2) is 11.5 Å². The van der Waals surface area contributed by atoms with Gasteiger partial charge in [-0.15, -0.1) is 0 Å². The minimum atomic E-state index is -5.08. The van der Waals surface area contributed by atoms with Crippen molar-refractivity contribution in [2.45, 2.75) is 32.2 Å². The van der Waals surface area contributed by atoms with Gasteiger partial charge < -0.3 is 29.7 Å². The summed E-state index contributed by atoms with van der Waals surface area (Å²) in [6, 6.07) is 5.71. The van der Waals surface area contributed by atoms with Crippen molar-refractivity contribution in [2.24, 2.45) is 0 Å². The Labute approximate surface area is 161 Å². The third-order valence-electron chi connectivity index (χ3n) is 2.94. The fourth-order valence-electron chi connectivity index (χ4n) is 1.67. The van der Waals surface area contributed by atoms with Gasteiger partial charge in [0.1, 0.15) is 19.3 Å². The van der Waals surface area contributed by atoms with Crippen LogP contribution in [-0.4, -0.2) is 61.4 Å². The van der Waals surface area contributed by atoms with Crippen LogP contribution in [0.1, 0.15) is 13.8 Å². The molecular weight excluding hydrogens is 383 g/mol. The second-order valence-corrected chi connectivity index (χ2v) is 5.72. The minimum Gasteiger partial charge on any atom is -0.493 e. The summed E-state index contributed by atoms with van der Waals surface area (Å²) in [6.07, 6.45) is -4.02. The number of carboxylic acid groups (broad SMARTS) is 1. The number of hydrogen-bond donors (Lipinski definition) is 3. The van der Waals surface area contributed by atoms with Crippen molar-refractivity contribution in [1.29, 1.82) is 0 Å². The number of carbonyl (C=O) groups is 1. The van der Waals surface area contributed by atoms with E-state index in [1.165, 1.54) is 0 Å². The number of benzene rings is 1. The summed E-state index contributed by atoms with van der Waals surface area (Å²) in [6.45, 7) is 8.68. The van der Waals surface area contributed by atoms with Gasteiger partial charge in [0.2, 0.25) is 5.75 Å². The van der Waals surface area contributed by atoms with Crippen LogP contribution in [0.25, 0.3) is 0 Å². The molecule has 7 nitrogen and oxygen atoms in total. The SMILES string of the molecule is C=CCOc1c(OC)cccc1OCC(O)CNC(C)C.O=C(O)C(F)(F)F. The predicted octanol–water partition coefficient (Wildman–Crippen LogP) is 2.63. The molecule has 28 heavy (non-hydrogen) atoms. The number of methoxy groups -OCH3 is 1. The summed E-state index contributed by atoms with van der Waals surface area (Å²) in [5.41, 5.74) is 0. The van der Waals surface area contributed by atoms with Crippen molar-refractivity contribution in [2.75, 3.05) is 26.9 Å². The van der Waals surface area contributed by atoms with Gasteiger partial charge in [-0.25, -0.2) is 4.79 Å². The fraction of sp³-hybridized carbons (Fsp3) is 0.500. The van der Waals surface area contributed by atoms with E-state index < -0.39 is 18.2 Å². The van der Waals surface area contributed by atoms with Crippen molar-refractivity contribution in [3.8, 4) is 17.2 Å². The number of aliphatic carboxylic acids is 1. The minimum absolute atomic E-state index is 0.178. The molecule has 1 rings (SSSR count). The van der Waals surface area contributed by atoms with Crippen molar-refractivity contribution in [3.63, 3.8) is 0 Å². The molecule has 0 spiro atoms. The number of hydrogen-bond acceptors (Lipinski definition) is 6. The van der Waals surface area contributed by atoms with Crippen molar-refractivity contribution < 1.29 is 42.4 Å². The summed E-state index contributed by atoms with van der Waals surface area (Å²) in [5.74, 6) is -1.11. The molecule has 0 aromatic heterocycles. The highest BCUT2D eigenvalue weighted by atomic mass is 19.4. The van der Waals surface area contributed by atoms with Crippen LogP contribution < -0.4 is 19.5 Å². The average molecular weight is 409 g/mol. The van der Waals surface area contributed by atoms with Crippen LogP contribution in [0, 0.1) is 0 Å². The molecule has 0 bridgehead atoms. The summed E-state index contributed by atoms with van der Waals surface area (Å²) >= 11 is 0. The van der Waals surface area contributed by atoms with E-state index in [4.69, 9.17) is 24.1 Å². The Hall–Kier alpha value is -2.46. The monoisotopic (exact) mass is 409 g/mol. The number of aliphatic hydroxyl groups is 1. The number of aliphatic hydroxyl groups excluding tert-OH is 1. The molecule has 0 aliphatic heterocycles. The molecule has 1 atom stereocenters. The number of carboxylic acids is 1. The smallest absolute Gasteiger partial charge is 0.490 e. The maximum atomic E-state index is 10.6. The van der Waals surface area contributed by atoms with Crippen LogP contribution in [0.4, 0.5) is 13.2 Å². The molecular formula is C18H26F3NO6. The van der Waals surface area contributed by atoms with Crippen molar-refractivity contribution in [1.82, 2.24) is 5.32 Å². The van der Waals surface area contributed by atoms with Gasteiger partial charge in [-0.05, 0) is 12.1 Å². The van der Waals surface area contributed by atoms with E-state index in [0.717, 1.165) is 0 Å². The molecule has 3 N–H and O–H groups in total. The van der Waals surface area contributed by atoms with E-state index in [1.807, 2.05) is 19.9 Å². The first kappa shape index (κ1) is 25.5. The average Bonchev–Trinajstić information content (AvgIpc) is 2.62. The lowest BCUT2D eigenvalue weighted by Gasteiger charge is -2.18. The Bertz CT molecular complexity index is 607. The number of rotatable bonds is 10. The summed E-state index contributed by atoms with van der Waals surface area (Å²) in [7, 11) is 1.57. The van der Waals surface area contributed by atoms with Gasteiger partial charge in [-0.2, -0.15) is 13.2 Å². The van der Waals surface area contributed by atoms with E-state index in [2.05, 4.69) is 11.9 Å². The lowest BCUT2D eigenvalue weighted by atomic mass is 10.3. The quantitative estimate of drug-likeness (QED) is 0.511. The Morgan fingerprint density at radius 2 is 1.86 bits per heavy atom. The lowest BCUT2D eigenvalue weighted by molar-refractivity contribution is -0.192. The summed E-state index contributed by atoms with van der Waals surface area (Å²) in [5, 5.41) is 20.2. The van der Waals surface area contributed by atoms with E-state index in [-0.39, 0.29) is 6.61 Å². The maximum Gasteiger partial charge on any atom is 0.490 e. The van der Waals surface area contributed by atoms with Crippen molar-refractivity contribution >= 4 is 5.97 Å². The molecule has 0 saturated heterocycles. The van der Waals surface area contributed by atoms with Gasteiger partial charge in [0.05, 0.1) is 7.11 Å². The molecule has 1 unspecified atom stereocenters. The number of alkyl halides is 3. The van der Waals surface area contributed by atoms with E-state index >= 15 is 0 Å². The Kier molecular flexibility index (Phi) is 11.7. The fourth-order valence-corrected chi connectivity index (χ4v) is 1.67. The Morgan fingerprint density at radius 1 is 1.29 bits per heavy atom. The van der Waals surface area contributed by atoms with Crippen LogP contribution in [0.5, 0.6) is 17.2 Å². The highest BCUT2D eigenvalue weighted by Gasteiger charge is 2.38. The molecule has 0 aliphatic carbocycles. The Balaban J connectivity index is 0.000000887. The molecule has 0 aliphatic rings. The van der Waals surface area contributed by atoms with Crippen LogP contribution >= 0.6 is 0 Å². The van der Waals surface area contributed by atoms with Gasteiger partial charge in [0.25, 0.3) is 0 Å². The van der Waals surface area contributed by atoms with Crippen molar-refractivity contribution in [3.05, 3.63) is 30.9 Å². The molecule has 160 valence electrons. The first-order valence-electron chi connectivity index (χ1n) is 8.27. The van der Waals surface area contributed by atoms with E-state index in [0.29, 0.717) is 36.4 Å². The lowest BCUT2D eigenvalue weighted by Crippen LogP contribution is -2.35. The van der Waals surface area contributed by atoms with Gasteiger partial charge >= 0.3 is 12.1 Å². The molecule has 1 aromatic carbocycles. The molecule has 0 fully saturated rings. The topological polar surface area (TPSA) is 97.3 Å². The molecule has 0 heterocycles. The largest absolute Gasteiger partial charge is 0.493 e. The number of ether oxygens (including phenoxy) is 3. The number of para-hydroxylation sites is 1.